The van der Waals surface area contributed by atoms with E-state index in [9.17, 15) is 18.0 Å². The number of carbonyl (C=O) groups is 2. The molecule has 24 heavy (non-hydrogen) atoms. The van der Waals surface area contributed by atoms with Crippen molar-refractivity contribution in [2.45, 2.75) is 18.7 Å². The fourth-order valence-electron chi connectivity index (χ4n) is 2.61. The minimum absolute atomic E-state index is 0.00297. The topological polar surface area (TPSA) is 78.0 Å². The molecule has 0 aliphatic carbocycles. The molecule has 1 fully saturated rings. The third-order valence-electron chi connectivity index (χ3n) is 4.21. The van der Waals surface area contributed by atoms with Gasteiger partial charge >= 0.3 is 0 Å². The Morgan fingerprint density at radius 1 is 1.04 bits per heavy atom. The van der Waals surface area contributed by atoms with Crippen molar-refractivity contribution >= 4 is 21.8 Å². The minimum atomic E-state index is -3.60. The van der Waals surface area contributed by atoms with Gasteiger partial charge in [-0.3, -0.25) is 9.59 Å². The number of hydrogen-bond acceptors (Lipinski definition) is 4. The summed E-state index contributed by atoms with van der Waals surface area (Å²) in [5.41, 5.74) is 0.943. The molecular weight excluding hydrogens is 330 g/mol. The van der Waals surface area contributed by atoms with Gasteiger partial charge in [-0.1, -0.05) is 6.07 Å². The van der Waals surface area contributed by atoms with E-state index in [1.165, 1.54) is 27.1 Å². The predicted octanol–water partition coefficient (Wildman–Crippen LogP) is 0.550. The molecule has 0 unspecified atom stereocenters. The summed E-state index contributed by atoms with van der Waals surface area (Å²) < 4.78 is 25.9. The second-order valence-corrected chi connectivity index (χ2v) is 8.19. The Labute approximate surface area is 142 Å². The van der Waals surface area contributed by atoms with Crippen molar-refractivity contribution < 1.29 is 18.0 Å². The zero-order chi connectivity index (χ0) is 18.1. The molecular formula is C16H23N3O4S. The number of sulfonamides is 1. The fourth-order valence-corrected chi connectivity index (χ4v) is 3.76. The van der Waals surface area contributed by atoms with Crippen molar-refractivity contribution in [3.63, 3.8) is 0 Å². The molecule has 132 valence electrons. The van der Waals surface area contributed by atoms with E-state index in [0.29, 0.717) is 37.3 Å². The first-order valence-corrected chi connectivity index (χ1v) is 9.16. The molecule has 2 amide bonds. The first-order valence-electron chi connectivity index (χ1n) is 7.72. The van der Waals surface area contributed by atoms with Gasteiger partial charge < -0.3 is 9.80 Å². The van der Waals surface area contributed by atoms with E-state index in [0.717, 1.165) is 4.31 Å². The average molecular weight is 353 g/mol. The Kier molecular flexibility index (Phi) is 5.29. The van der Waals surface area contributed by atoms with Crippen LogP contribution in [0.5, 0.6) is 0 Å². The van der Waals surface area contributed by atoms with E-state index in [-0.39, 0.29) is 16.7 Å². The van der Waals surface area contributed by atoms with Gasteiger partial charge in [0.2, 0.25) is 15.9 Å². The summed E-state index contributed by atoms with van der Waals surface area (Å²) in [4.78, 5) is 27.5. The Hall–Kier alpha value is -1.93. The van der Waals surface area contributed by atoms with E-state index in [4.69, 9.17) is 0 Å². The lowest BCUT2D eigenvalue weighted by Crippen LogP contribution is -2.50. The molecule has 1 aromatic carbocycles. The lowest BCUT2D eigenvalue weighted by atomic mass is 10.1. The van der Waals surface area contributed by atoms with Gasteiger partial charge in [0, 0.05) is 52.8 Å². The first kappa shape index (κ1) is 18.4. The molecule has 1 saturated heterocycles. The maximum absolute atomic E-state index is 12.7. The SMILES string of the molecule is CC(=O)N1CCN(C(=O)c2ccc(C)c(S(=O)(=O)N(C)C)c2)CC1. The van der Waals surface area contributed by atoms with E-state index < -0.39 is 10.0 Å². The molecule has 0 bridgehead atoms. The molecule has 2 rings (SSSR count). The van der Waals surface area contributed by atoms with Gasteiger partial charge in [-0.15, -0.1) is 0 Å². The normalized spacial score (nSPS) is 15.7. The molecule has 0 saturated carbocycles. The highest BCUT2D eigenvalue weighted by atomic mass is 32.2. The monoisotopic (exact) mass is 353 g/mol. The predicted molar refractivity (Wildman–Crippen MR) is 90.2 cm³/mol. The van der Waals surface area contributed by atoms with Gasteiger partial charge in [0.1, 0.15) is 0 Å². The van der Waals surface area contributed by atoms with E-state index in [1.54, 1.807) is 28.9 Å². The maximum Gasteiger partial charge on any atom is 0.254 e. The Morgan fingerprint density at radius 2 is 1.58 bits per heavy atom. The number of benzene rings is 1. The molecule has 0 N–H and O–H groups in total. The number of piperazine rings is 1. The van der Waals surface area contributed by atoms with Crippen LogP contribution in [-0.2, 0) is 14.8 Å². The smallest absolute Gasteiger partial charge is 0.254 e. The number of rotatable bonds is 3. The highest BCUT2D eigenvalue weighted by Gasteiger charge is 2.26. The van der Waals surface area contributed by atoms with Crippen molar-refractivity contribution in [2.75, 3.05) is 40.3 Å². The molecule has 0 spiro atoms. The van der Waals surface area contributed by atoms with Crippen LogP contribution in [0.3, 0.4) is 0 Å². The van der Waals surface area contributed by atoms with Gasteiger partial charge in [-0.2, -0.15) is 0 Å². The second-order valence-electron chi connectivity index (χ2n) is 6.07. The number of hydrogen-bond donors (Lipinski definition) is 0. The summed E-state index contributed by atoms with van der Waals surface area (Å²) in [6.07, 6.45) is 0. The largest absolute Gasteiger partial charge is 0.339 e. The lowest BCUT2D eigenvalue weighted by Gasteiger charge is -2.34. The lowest BCUT2D eigenvalue weighted by molar-refractivity contribution is -0.130. The number of amides is 2. The summed E-state index contributed by atoms with van der Waals surface area (Å²) in [5, 5.41) is 0. The van der Waals surface area contributed by atoms with Crippen LogP contribution in [0.25, 0.3) is 0 Å². The van der Waals surface area contributed by atoms with Gasteiger partial charge in [-0.25, -0.2) is 12.7 Å². The molecule has 0 atom stereocenters. The van der Waals surface area contributed by atoms with E-state index >= 15 is 0 Å². The zero-order valence-corrected chi connectivity index (χ0v) is 15.3. The quantitative estimate of drug-likeness (QED) is 0.795. The van der Waals surface area contributed by atoms with Crippen LogP contribution in [0.1, 0.15) is 22.8 Å². The molecule has 1 aliphatic rings. The number of nitrogens with zero attached hydrogens (tertiary/aromatic N) is 3. The van der Waals surface area contributed by atoms with Crippen molar-refractivity contribution in [1.29, 1.82) is 0 Å². The minimum Gasteiger partial charge on any atom is -0.339 e. The average Bonchev–Trinajstić information content (AvgIpc) is 2.54. The molecule has 1 aromatic rings. The third-order valence-corrected chi connectivity index (χ3v) is 6.16. The Balaban J connectivity index is 2.24. The summed E-state index contributed by atoms with van der Waals surface area (Å²) in [6, 6.07) is 4.73. The summed E-state index contributed by atoms with van der Waals surface area (Å²) in [6.45, 7) is 5.10. The first-order chi connectivity index (χ1) is 11.1. The van der Waals surface area contributed by atoms with Crippen molar-refractivity contribution in [3.05, 3.63) is 29.3 Å². The maximum atomic E-state index is 12.7. The molecule has 1 aliphatic heterocycles. The molecule has 1 heterocycles. The zero-order valence-electron chi connectivity index (χ0n) is 14.4. The molecule has 0 radical (unpaired) electrons. The van der Waals surface area contributed by atoms with Crippen LogP contribution in [0.4, 0.5) is 0 Å². The van der Waals surface area contributed by atoms with Crippen LogP contribution in [-0.4, -0.2) is 74.6 Å². The van der Waals surface area contributed by atoms with E-state index in [2.05, 4.69) is 0 Å². The van der Waals surface area contributed by atoms with Gasteiger partial charge in [0.25, 0.3) is 5.91 Å². The molecule has 7 nitrogen and oxygen atoms in total. The standard InChI is InChI=1S/C16H23N3O4S/c1-12-5-6-14(11-15(12)24(22,23)17(3)4)16(21)19-9-7-18(8-10-19)13(2)20/h5-6,11H,7-10H2,1-4H3. The van der Waals surface area contributed by atoms with Gasteiger partial charge in [-0.05, 0) is 24.6 Å². The van der Waals surface area contributed by atoms with Crippen LogP contribution in [0.2, 0.25) is 0 Å². The van der Waals surface area contributed by atoms with Crippen molar-refractivity contribution in [3.8, 4) is 0 Å². The molecule has 0 aromatic heterocycles. The highest BCUT2D eigenvalue weighted by Crippen LogP contribution is 2.21. The fraction of sp³-hybridized carbons (Fsp3) is 0.500. The number of aryl methyl sites for hydroxylation is 1. The Morgan fingerprint density at radius 3 is 2.08 bits per heavy atom. The van der Waals surface area contributed by atoms with Crippen LogP contribution >= 0.6 is 0 Å². The van der Waals surface area contributed by atoms with Crippen molar-refractivity contribution in [1.82, 2.24) is 14.1 Å². The second kappa shape index (κ2) is 6.90. The van der Waals surface area contributed by atoms with Crippen LogP contribution in [0.15, 0.2) is 23.1 Å². The van der Waals surface area contributed by atoms with Gasteiger partial charge in [0.05, 0.1) is 4.90 Å². The van der Waals surface area contributed by atoms with Gasteiger partial charge in [0.15, 0.2) is 0 Å². The summed E-state index contributed by atoms with van der Waals surface area (Å²) >= 11 is 0. The summed E-state index contributed by atoms with van der Waals surface area (Å²) in [5.74, 6) is -0.217. The van der Waals surface area contributed by atoms with E-state index in [1.807, 2.05) is 0 Å². The van der Waals surface area contributed by atoms with Crippen molar-refractivity contribution in [2.24, 2.45) is 0 Å². The van der Waals surface area contributed by atoms with Crippen LogP contribution < -0.4 is 0 Å². The Bertz CT molecular complexity index is 751. The third kappa shape index (κ3) is 3.59. The number of carbonyl (C=O) groups excluding carboxylic acids is 2. The van der Waals surface area contributed by atoms with Crippen LogP contribution in [0, 0.1) is 6.92 Å². The summed E-state index contributed by atoms with van der Waals surface area (Å²) in [7, 11) is -0.680. The molecule has 8 heteroatoms. The highest BCUT2D eigenvalue weighted by molar-refractivity contribution is 7.89.